The van der Waals surface area contributed by atoms with Gasteiger partial charge in [0.25, 0.3) is 0 Å². The Labute approximate surface area is 324 Å². The number of aliphatic carboxylic acids is 1. The number of fused-ring (bicyclic) bond motifs is 7. The minimum absolute atomic E-state index is 0.00973. The van der Waals surface area contributed by atoms with E-state index in [4.69, 9.17) is 4.74 Å². The van der Waals surface area contributed by atoms with Gasteiger partial charge in [-0.3, -0.25) is 19.2 Å². The molecule has 7 heteroatoms. The topological polar surface area (TPSA) is 110 Å². The van der Waals surface area contributed by atoms with Crippen molar-refractivity contribution in [2.75, 3.05) is 0 Å². The maximum Gasteiger partial charge on any atom is 0.309 e. The fraction of sp³-hybridized carbons (Fsp3) is 0.745. The first-order valence-electron chi connectivity index (χ1n) is 21.2. The molecule has 7 rings (SSSR count). The molecule has 2 N–H and O–H groups in total. The van der Waals surface area contributed by atoms with Gasteiger partial charge in [-0.25, -0.2) is 0 Å². The number of carbonyl (C=O) groups excluding carboxylic acids is 3. The lowest BCUT2D eigenvalue weighted by Gasteiger charge is -2.72. The molecule has 6 aliphatic rings. The van der Waals surface area contributed by atoms with E-state index in [1.807, 2.05) is 13.8 Å². The molecule has 1 aromatic carbocycles. The molecule has 0 spiro atoms. The van der Waals surface area contributed by atoms with E-state index < -0.39 is 22.7 Å². The third-order valence-electron chi connectivity index (χ3n) is 17.7. The third-order valence-corrected chi connectivity index (χ3v) is 17.7. The molecule has 6 aliphatic carbocycles. The molecule has 0 aliphatic heterocycles. The molecular formula is C47H67NO6. The number of rotatable bonds is 8. The number of carboxylic acids is 1. The lowest BCUT2D eigenvalue weighted by molar-refractivity contribution is -0.236. The van der Waals surface area contributed by atoms with Crippen molar-refractivity contribution in [3.05, 3.63) is 46.5 Å². The quantitative estimate of drug-likeness (QED) is 0.257. The summed E-state index contributed by atoms with van der Waals surface area (Å²) in [6.45, 7) is 23.0. The standard InChI is InChI=1S/C47H67NO6/c1-27(2)38-33(49)24-47(25-37(50)48-26-29-13-11-28(3)12-14-29)22-21-45(9)30(39(38)47)15-16-35-44(8)19-18-36(43(6,7)34(44)17-20-46(35,45)10)54-41(53)32-23-31(40(51)52)42(32,4)5/h11-14,27,30-32,34-36H,15-26H2,1-10H3,(H,48,50)(H,51,52)/t30-,31+,32-,34+,35-,36+,44+,45-,46-,47+/m1/s1. The van der Waals surface area contributed by atoms with Crippen molar-refractivity contribution in [3.63, 3.8) is 0 Å². The summed E-state index contributed by atoms with van der Waals surface area (Å²) >= 11 is 0. The number of hydrogen-bond donors (Lipinski definition) is 2. The van der Waals surface area contributed by atoms with Crippen molar-refractivity contribution in [2.24, 2.45) is 68.0 Å². The number of Topliss-reactive ketones (excluding diaryl/α,β-unsaturated/α-hetero) is 1. The molecule has 0 radical (unpaired) electrons. The van der Waals surface area contributed by atoms with Gasteiger partial charge in [-0.1, -0.05) is 97.7 Å². The molecule has 0 bridgehead atoms. The van der Waals surface area contributed by atoms with Crippen LogP contribution in [0.1, 0.15) is 144 Å². The van der Waals surface area contributed by atoms with Crippen LogP contribution in [0, 0.1) is 74.9 Å². The van der Waals surface area contributed by atoms with E-state index in [1.165, 1.54) is 11.1 Å². The van der Waals surface area contributed by atoms with Gasteiger partial charge < -0.3 is 15.2 Å². The Morgan fingerprint density at radius 1 is 0.833 bits per heavy atom. The zero-order valence-corrected chi connectivity index (χ0v) is 34.8. The van der Waals surface area contributed by atoms with Crippen molar-refractivity contribution in [1.82, 2.24) is 5.32 Å². The summed E-state index contributed by atoms with van der Waals surface area (Å²) in [6.07, 6.45) is 9.08. The van der Waals surface area contributed by atoms with Gasteiger partial charge >= 0.3 is 11.9 Å². The molecule has 5 saturated carbocycles. The maximum absolute atomic E-state index is 14.0. The van der Waals surface area contributed by atoms with Crippen LogP contribution >= 0.6 is 0 Å². The van der Waals surface area contributed by atoms with Gasteiger partial charge in [-0.05, 0) is 121 Å². The van der Waals surface area contributed by atoms with Crippen molar-refractivity contribution < 1.29 is 29.0 Å². The fourth-order valence-corrected chi connectivity index (χ4v) is 14.4. The van der Waals surface area contributed by atoms with E-state index in [-0.39, 0.29) is 63.2 Å². The van der Waals surface area contributed by atoms with Crippen LogP contribution in [-0.4, -0.2) is 34.8 Å². The van der Waals surface area contributed by atoms with Crippen LogP contribution in [0.3, 0.4) is 0 Å². The Bertz CT molecular complexity index is 1750. The second-order valence-electron chi connectivity index (χ2n) is 21.2. The van der Waals surface area contributed by atoms with Crippen LogP contribution in [0.5, 0.6) is 0 Å². The first-order chi connectivity index (χ1) is 25.1. The molecule has 1 aromatic rings. The number of nitrogens with one attached hydrogen (secondary N) is 1. The molecule has 5 fully saturated rings. The SMILES string of the molecule is Cc1ccc(CNC(=O)C[C@@]23CC[C@]4(C)[C@H](CC[C@@H]5[C@@]6(C)CC[C@H](OC(=O)[C@H]7C[C@@H](C(=O)O)C7(C)C)C(C)(C)[C@@H]6CC[C@]54C)C2=C(C(C)C)C(=O)C3)cc1. The molecule has 0 heterocycles. The summed E-state index contributed by atoms with van der Waals surface area (Å²) in [5.41, 5.74) is 3.61. The molecule has 0 saturated heterocycles. The summed E-state index contributed by atoms with van der Waals surface area (Å²) in [5.74, 6) is -0.306. The Kier molecular flexibility index (Phi) is 9.49. The number of aryl methyl sites for hydroxylation is 1. The minimum Gasteiger partial charge on any atom is -0.481 e. The number of benzene rings is 1. The van der Waals surface area contributed by atoms with Gasteiger partial charge in [0.1, 0.15) is 6.10 Å². The van der Waals surface area contributed by atoms with Crippen molar-refractivity contribution in [3.8, 4) is 0 Å². The number of ether oxygens (including phenoxy) is 1. The van der Waals surface area contributed by atoms with E-state index in [2.05, 4.69) is 85.0 Å². The second kappa shape index (κ2) is 13.0. The van der Waals surface area contributed by atoms with Crippen LogP contribution in [0.4, 0.5) is 0 Å². The number of carbonyl (C=O) groups is 4. The van der Waals surface area contributed by atoms with Gasteiger partial charge in [0.15, 0.2) is 5.78 Å². The highest BCUT2D eigenvalue weighted by Crippen LogP contribution is 2.77. The largest absolute Gasteiger partial charge is 0.481 e. The summed E-state index contributed by atoms with van der Waals surface area (Å²) < 4.78 is 6.41. The fourth-order valence-electron chi connectivity index (χ4n) is 14.4. The summed E-state index contributed by atoms with van der Waals surface area (Å²) in [5, 5.41) is 12.9. The highest BCUT2D eigenvalue weighted by atomic mass is 16.5. The highest BCUT2D eigenvalue weighted by Gasteiger charge is 2.70. The zero-order valence-electron chi connectivity index (χ0n) is 34.8. The number of hydrogen-bond acceptors (Lipinski definition) is 5. The smallest absolute Gasteiger partial charge is 0.309 e. The number of carboxylic acid groups (broad SMARTS) is 1. The number of ketones is 1. The molecular weight excluding hydrogens is 675 g/mol. The van der Waals surface area contributed by atoms with E-state index >= 15 is 0 Å². The van der Waals surface area contributed by atoms with Crippen LogP contribution in [0.2, 0.25) is 0 Å². The summed E-state index contributed by atoms with van der Waals surface area (Å²) in [6, 6.07) is 8.30. The Balaban J connectivity index is 1.12. The van der Waals surface area contributed by atoms with E-state index in [0.29, 0.717) is 37.6 Å². The monoisotopic (exact) mass is 741 g/mol. The molecule has 1 amide bonds. The normalized spacial score (nSPS) is 40.5. The number of allylic oxidation sites excluding steroid dienone is 2. The van der Waals surface area contributed by atoms with Crippen molar-refractivity contribution in [1.29, 1.82) is 0 Å². The van der Waals surface area contributed by atoms with Crippen molar-refractivity contribution in [2.45, 2.75) is 153 Å². The van der Waals surface area contributed by atoms with Crippen LogP contribution in [0.25, 0.3) is 0 Å². The predicted molar refractivity (Wildman–Crippen MR) is 210 cm³/mol. The minimum atomic E-state index is -0.828. The molecule has 54 heavy (non-hydrogen) atoms. The summed E-state index contributed by atoms with van der Waals surface area (Å²) in [7, 11) is 0. The van der Waals surface area contributed by atoms with E-state index in [0.717, 1.165) is 62.5 Å². The number of amides is 1. The first-order valence-corrected chi connectivity index (χ1v) is 21.2. The lowest BCUT2D eigenvalue weighted by atomic mass is 9.33. The molecule has 10 atom stereocenters. The zero-order chi connectivity index (χ0) is 39.4. The van der Waals surface area contributed by atoms with Crippen LogP contribution < -0.4 is 5.32 Å². The van der Waals surface area contributed by atoms with Gasteiger partial charge in [-0.15, -0.1) is 0 Å². The first kappa shape index (κ1) is 39.3. The lowest BCUT2D eigenvalue weighted by Crippen LogP contribution is -2.66. The molecule has 0 unspecified atom stereocenters. The van der Waals surface area contributed by atoms with Crippen molar-refractivity contribution >= 4 is 23.6 Å². The molecule has 0 aromatic heterocycles. The molecule has 296 valence electrons. The molecule has 7 nitrogen and oxygen atoms in total. The van der Waals surface area contributed by atoms with E-state index in [9.17, 15) is 24.3 Å². The van der Waals surface area contributed by atoms with Crippen LogP contribution in [0.15, 0.2) is 35.4 Å². The van der Waals surface area contributed by atoms with Gasteiger partial charge in [0.05, 0.1) is 11.8 Å². The van der Waals surface area contributed by atoms with Crippen LogP contribution in [-0.2, 0) is 30.5 Å². The van der Waals surface area contributed by atoms with E-state index in [1.54, 1.807) is 0 Å². The predicted octanol–water partition coefficient (Wildman–Crippen LogP) is 9.64. The second-order valence-corrected chi connectivity index (χ2v) is 21.2. The maximum atomic E-state index is 14.0. The Morgan fingerprint density at radius 3 is 2.15 bits per heavy atom. The highest BCUT2D eigenvalue weighted by molar-refractivity contribution is 6.01. The van der Waals surface area contributed by atoms with Gasteiger partial charge in [0.2, 0.25) is 5.91 Å². The summed E-state index contributed by atoms with van der Waals surface area (Å²) in [4.78, 5) is 53.2. The average Bonchev–Trinajstić information content (AvgIpc) is 3.37. The van der Waals surface area contributed by atoms with Gasteiger partial charge in [0, 0.05) is 30.2 Å². The average molecular weight is 742 g/mol. The Morgan fingerprint density at radius 2 is 1.52 bits per heavy atom. The number of esters is 1. The van der Waals surface area contributed by atoms with Gasteiger partial charge in [-0.2, -0.15) is 0 Å². The third kappa shape index (κ3) is 5.69. The Hall–Kier alpha value is -2.96.